The molecule has 1 heterocycles. The van der Waals surface area contributed by atoms with Crippen LogP contribution < -0.4 is 15.2 Å². The van der Waals surface area contributed by atoms with Gasteiger partial charge in [0.2, 0.25) is 5.91 Å². The third-order valence-corrected chi connectivity index (χ3v) is 5.21. The molecule has 0 atom stereocenters. The summed E-state index contributed by atoms with van der Waals surface area (Å²) < 4.78 is 10.7. The molecule has 3 aromatic rings. The summed E-state index contributed by atoms with van der Waals surface area (Å²) in [6.07, 6.45) is 0. The van der Waals surface area contributed by atoms with Crippen molar-refractivity contribution in [2.24, 2.45) is 5.73 Å². The van der Waals surface area contributed by atoms with Crippen molar-refractivity contribution in [1.29, 1.82) is 5.26 Å². The second-order valence-electron chi connectivity index (χ2n) is 6.04. The monoisotopic (exact) mass is 405 g/mol. The Morgan fingerprint density at radius 1 is 1.07 bits per heavy atom. The molecule has 0 aliphatic heterocycles. The molecule has 2 N–H and O–H groups in total. The number of nitriles is 1. The van der Waals surface area contributed by atoms with Crippen molar-refractivity contribution >= 4 is 17.7 Å². The van der Waals surface area contributed by atoms with Crippen LogP contribution in [0, 0.1) is 11.3 Å². The van der Waals surface area contributed by atoms with Crippen molar-refractivity contribution in [1.82, 2.24) is 4.98 Å². The number of ether oxygens (including phenoxy) is 2. The van der Waals surface area contributed by atoms with Gasteiger partial charge in [-0.05, 0) is 23.8 Å². The van der Waals surface area contributed by atoms with E-state index in [0.29, 0.717) is 33.3 Å². The standard InChI is InChI=1S/C22H19N3O3S/c1-27-19-9-8-15(10-20(19)28-2)16-11-18(14-6-4-3-5-7-14)25-22(17(16)12-23)29-13-21(24)26/h3-11H,13H2,1-2H3,(H2,24,26). The van der Waals surface area contributed by atoms with E-state index in [2.05, 4.69) is 11.1 Å². The van der Waals surface area contributed by atoms with E-state index in [1.165, 1.54) is 0 Å². The Morgan fingerprint density at radius 3 is 2.41 bits per heavy atom. The molecule has 0 aliphatic carbocycles. The van der Waals surface area contributed by atoms with Crippen molar-refractivity contribution in [3.63, 3.8) is 0 Å². The number of aromatic nitrogens is 1. The molecule has 0 saturated carbocycles. The molecule has 0 spiro atoms. The number of pyridine rings is 1. The first kappa shape index (κ1) is 20.2. The summed E-state index contributed by atoms with van der Waals surface area (Å²) in [6, 6.07) is 19.2. The van der Waals surface area contributed by atoms with Crippen LogP contribution >= 0.6 is 11.8 Å². The lowest BCUT2D eigenvalue weighted by molar-refractivity contribution is -0.115. The maximum Gasteiger partial charge on any atom is 0.227 e. The fourth-order valence-corrected chi connectivity index (χ4v) is 3.60. The normalized spacial score (nSPS) is 10.2. The number of amides is 1. The van der Waals surface area contributed by atoms with Crippen LogP contribution in [0.1, 0.15) is 5.56 Å². The number of nitrogens with two attached hydrogens (primary N) is 1. The summed E-state index contributed by atoms with van der Waals surface area (Å²) in [5.74, 6) is 0.706. The van der Waals surface area contributed by atoms with E-state index in [1.54, 1.807) is 20.3 Å². The maximum atomic E-state index is 11.3. The first-order chi connectivity index (χ1) is 14.1. The van der Waals surface area contributed by atoms with Gasteiger partial charge in [-0.25, -0.2) is 4.98 Å². The van der Waals surface area contributed by atoms with Gasteiger partial charge in [0.05, 0.1) is 31.2 Å². The number of hydrogen-bond acceptors (Lipinski definition) is 6. The molecule has 0 saturated heterocycles. The number of primary amides is 1. The molecule has 2 aromatic carbocycles. The zero-order chi connectivity index (χ0) is 20.8. The van der Waals surface area contributed by atoms with E-state index >= 15 is 0 Å². The predicted octanol–water partition coefficient (Wildman–Crippen LogP) is 3.88. The van der Waals surface area contributed by atoms with Crippen LogP contribution in [0.15, 0.2) is 59.6 Å². The van der Waals surface area contributed by atoms with Crippen LogP contribution in [-0.2, 0) is 4.79 Å². The van der Waals surface area contributed by atoms with Crippen molar-refractivity contribution in [2.45, 2.75) is 5.03 Å². The number of hydrogen-bond donors (Lipinski definition) is 1. The van der Waals surface area contributed by atoms with Gasteiger partial charge in [0, 0.05) is 11.1 Å². The first-order valence-electron chi connectivity index (χ1n) is 8.71. The number of benzene rings is 2. The summed E-state index contributed by atoms with van der Waals surface area (Å²) in [5, 5.41) is 10.3. The summed E-state index contributed by atoms with van der Waals surface area (Å²) in [7, 11) is 3.12. The average Bonchev–Trinajstić information content (AvgIpc) is 2.76. The summed E-state index contributed by atoms with van der Waals surface area (Å²) in [5.41, 5.74) is 8.74. The number of rotatable bonds is 7. The Morgan fingerprint density at radius 2 is 1.79 bits per heavy atom. The Labute approximate surface area is 173 Å². The molecular formula is C22H19N3O3S. The van der Waals surface area contributed by atoms with E-state index in [-0.39, 0.29) is 5.75 Å². The Bertz CT molecular complexity index is 1080. The molecule has 0 bridgehead atoms. The summed E-state index contributed by atoms with van der Waals surface area (Å²) in [6.45, 7) is 0. The zero-order valence-corrected chi connectivity index (χ0v) is 16.8. The van der Waals surface area contributed by atoms with E-state index in [1.807, 2.05) is 48.5 Å². The number of thioether (sulfide) groups is 1. The summed E-state index contributed by atoms with van der Waals surface area (Å²) >= 11 is 1.15. The van der Waals surface area contributed by atoms with Gasteiger partial charge in [0.25, 0.3) is 0 Å². The van der Waals surface area contributed by atoms with Crippen molar-refractivity contribution in [2.75, 3.05) is 20.0 Å². The molecule has 1 amide bonds. The van der Waals surface area contributed by atoms with Gasteiger partial charge in [-0.1, -0.05) is 48.2 Å². The van der Waals surface area contributed by atoms with E-state index < -0.39 is 5.91 Å². The van der Waals surface area contributed by atoms with Gasteiger partial charge in [-0.3, -0.25) is 4.79 Å². The van der Waals surface area contributed by atoms with Crippen molar-refractivity contribution in [3.8, 4) is 40.0 Å². The second-order valence-corrected chi connectivity index (χ2v) is 7.00. The van der Waals surface area contributed by atoms with Gasteiger partial charge in [-0.2, -0.15) is 5.26 Å². The minimum atomic E-state index is -0.474. The van der Waals surface area contributed by atoms with Gasteiger partial charge in [0.15, 0.2) is 11.5 Å². The molecule has 0 radical (unpaired) electrons. The lowest BCUT2D eigenvalue weighted by atomic mass is 9.99. The Kier molecular flexibility index (Phi) is 6.37. The highest BCUT2D eigenvalue weighted by atomic mass is 32.2. The first-order valence-corrected chi connectivity index (χ1v) is 9.70. The third kappa shape index (κ3) is 4.50. The molecule has 3 rings (SSSR count). The Balaban J connectivity index is 2.22. The Hall–Kier alpha value is -3.50. The molecule has 0 fully saturated rings. The molecule has 29 heavy (non-hydrogen) atoms. The number of nitrogens with zero attached hydrogens (tertiary/aromatic N) is 2. The SMILES string of the molecule is COc1ccc(-c2cc(-c3ccccc3)nc(SCC(N)=O)c2C#N)cc1OC. The lowest BCUT2D eigenvalue weighted by Crippen LogP contribution is -2.13. The van der Waals surface area contributed by atoms with Crippen LogP contribution in [0.3, 0.4) is 0 Å². The lowest BCUT2D eigenvalue weighted by Gasteiger charge is -2.14. The van der Waals surface area contributed by atoms with Crippen molar-refractivity contribution < 1.29 is 14.3 Å². The van der Waals surface area contributed by atoms with Gasteiger partial charge < -0.3 is 15.2 Å². The smallest absolute Gasteiger partial charge is 0.227 e. The minimum Gasteiger partial charge on any atom is -0.493 e. The van der Waals surface area contributed by atoms with Crippen molar-refractivity contribution in [3.05, 3.63) is 60.2 Å². The van der Waals surface area contributed by atoms with E-state index in [4.69, 9.17) is 15.2 Å². The fraction of sp³-hybridized carbons (Fsp3) is 0.136. The predicted molar refractivity (Wildman–Crippen MR) is 113 cm³/mol. The number of carbonyl (C=O) groups is 1. The molecule has 1 aromatic heterocycles. The van der Waals surface area contributed by atoms with Crippen LogP contribution in [0.5, 0.6) is 11.5 Å². The zero-order valence-electron chi connectivity index (χ0n) is 16.0. The highest BCUT2D eigenvalue weighted by molar-refractivity contribution is 8.00. The minimum absolute atomic E-state index is 0.0330. The molecule has 6 nitrogen and oxygen atoms in total. The number of methoxy groups -OCH3 is 2. The highest BCUT2D eigenvalue weighted by Crippen LogP contribution is 2.37. The van der Waals surface area contributed by atoms with Crippen LogP contribution in [0.25, 0.3) is 22.4 Å². The highest BCUT2D eigenvalue weighted by Gasteiger charge is 2.18. The van der Waals surface area contributed by atoms with E-state index in [0.717, 1.165) is 22.9 Å². The van der Waals surface area contributed by atoms with Gasteiger partial charge in [0.1, 0.15) is 11.1 Å². The maximum absolute atomic E-state index is 11.3. The average molecular weight is 405 g/mol. The molecular weight excluding hydrogens is 386 g/mol. The van der Waals surface area contributed by atoms with Gasteiger partial charge in [-0.15, -0.1) is 0 Å². The van der Waals surface area contributed by atoms with E-state index in [9.17, 15) is 10.1 Å². The molecule has 0 aliphatic rings. The van der Waals surface area contributed by atoms with Crippen LogP contribution in [0.2, 0.25) is 0 Å². The third-order valence-electron chi connectivity index (χ3n) is 4.21. The van der Waals surface area contributed by atoms with Crippen LogP contribution in [-0.4, -0.2) is 30.9 Å². The molecule has 146 valence electrons. The second kappa shape index (κ2) is 9.13. The topological polar surface area (TPSA) is 98.2 Å². The van der Waals surface area contributed by atoms with Gasteiger partial charge >= 0.3 is 0 Å². The molecule has 0 unspecified atom stereocenters. The number of carbonyl (C=O) groups excluding carboxylic acids is 1. The quantitative estimate of drug-likeness (QED) is 0.599. The fourth-order valence-electron chi connectivity index (χ4n) is 2.86. The summed E-state index contributed by atoms with van der Waals surface area (Å²) in [4.78, 5) is 15.9. The van der Waals surface area contributed by atoms with Crippen LogP contribution in [0.4, 0.5) is 0 Å². The largest absolute Gasteiger partial charge is 0.493 e. The molecule has 7 heteroatoms.